The maximum absolute atomic E-state index is 5.91. The van der Waals surface area contributed by atoms with Crippen LogP contribution < -0.4 is 0 Å². The van der Waals surface area contributed by atoms with E-state index >= 15 is 0 Å². The molecule has 0 spiro atoms. The first-order valence-electron chi connectivity index (χ1n) is 7.93. The molecule has 0 fully saturated rings. The molecule has 0 rings (SSSR count). The molecular weight excluding hydrogens is 327 g/mol. The number of unbranched alkanes of at least 4 members (excludes halogenated alkanes) is 2. The van der Waals surface area contributed by atoms with Crippen molar-refractivity contribution in [2.45, 2.75) is 79.2 Å². The van der Waals surface area contributed by atoms with Crippen LogP contribution in [0.15, 0.2) is 10.7 Å². The van der Waals surface area contributed by atoms with Gasteiger partial charge in [-0.3, -0.25) is 0 Å². The first-order chi connectivity index (χ1) is 8.67. The molecule has 0 bridgehead atoms. The van der Waals surface area contributed by atoms with E-state index in [-0.39, 0.29) is 0 Å². The molecule has 0 aromatic carbocycles. The molecule has 1 atom stereocenters. The minimum absolute atomic E-state index is 0.498. The summed E-state index contributed by atoms with van der Waals surface area (Å²) in [5.74, 6) is 0. The Balaban J connectivity index is 4.62. The van der Waals surface area contributed by atoms with E-state index in [2.05, 4.69) is 38.4 Å². The van der Waals surface area contributed by atoms with Crippen LogP contribution in [0.5, 0.6) is 0 Å². The number of rotatable bonds is 12. The third-order valence-corrected chi connectivity index (χ3v) is 17.8. The van der Waals surface area contributed by atoms with Crippen LogP contribution in [-0.2, 0) is 4.74 Å². The van der Waals surface area contributed by atoms with E-state index in [1.165, 1.54) is 45.4 Å². The van der Waals surface area contributed by atoms with E-state index in [9.17, 15) is 0 Å². The van der Waals surface area contributed by atoms with Gasteiger partial charge in [0.1, 0.15) is 0 Å². The Hall–Kier alpha value is 0.499. The summed E-state index contributed by atoms with van der Waals surface area (Å²) in [6.45, 7) is 14.1. The maximum atomic E-state index is 5.91. The fourth-order valence-electron chi connectivity index (χ4n) is 2.68. The van der Waals surface area contributed by atoms with Crippen LogP contribution in [-0.4, -0.2) is 31.1 Å². The second-order valence-corrected chi connectivity index (χ2v) is 18.4. The molecule has 0 amide bonds. The average molecular weight is 361 g/mol. The summed E-state index contributed by atoms with van der Waals surface area (Å²) in [5.41, 5.74) is 0. The van der Waals surface area contributed by atoms with Gasteiger partial charge in [-0.25, -0.2) is 0 Å². The molecule has 0 aliphatic carbocycles. The first kappa shape index (κ1) is 18.5. The molecule has 0 aromatic heterocycles. The van der Waals surface area contributed by atoms with Gasteiger partial charge in [-0.05, 0) is 0 Å². The molecule has 0 aliphatic heterocycles. The molecule has 1 unspecified atom stereocenters. The van der Waals surface area contributed by atoms with Crippen LogP contribution in [0.2, 0.25) is 13.3 Å². The number of hydrogen-bond donors (Lipinski definition) is 0. The molecule has 1 nitrogen and oxygen atoms in total. The van der Waals surface area contributed by atoms with Gasteiger partial charge < -0.3 is 0 Å². The van der Waals surface area contributed by atoms with Crippen LogP contribution in [0.1, 0.15) is 59.8 Å². The van der Waals surface area contributed by atoms with Gasteiger partial charge in [-0.15, -0.1) is 0 Å². The molecule has 0 N–H and O–H groups in total. The average Bonchev–Trinajstić information content (AvgIpc) is 2.41. The Labute approximate surface area is 119 Å². The van der Waals surface area contributed by atoms with Gasteiger partial charge in [-0.2, -0.15) is 0 Å². The van der Waals surface area contributed by atoms with Gasteiger partial charge in [0, 0.05) is 0 Å². The number of hydrogen-bond acceptors (Lipinski definition) is 1. The Kier molecular flexibility index (Phi) is 11.6. The summed E-state index contributed by atoms with van der Waals surface area (Å²) in [6, 6.07) is 0. The molecule has 2 heteroatoms. The monoisotopic (exact) mass is 362 g/mol. The van der Waals surface area contributed by atoms with Crippen molar-refractivity contribution in [1.29, 1.82) is 0 Å². The molecule has 0 saturated carbocycles. The first-order valence-corrected chi connectivity index (χ1v) is 15.6. The molecule has 0 aliphatic rings. The zero-order valence-electron chi connectivity index (χ0n) is 13.1. The van der Waals surface area contributed by atoms with Gasteiger partial charge in [0.2, 0.25) is 0 Å². The normalized spacial score (nSPS) is 13.6. The summed E-state index contributed by atoms with van der Waals surface area (Å²) in [4.78, 5) is 0. The van der Waals surface area contributed by atoms with Crippen molar-refractivity contribution in [1.82, 2.24) is 0 Å². The molecule has 0 saturated heterocycles. The fourth-order valence-corrected chi connectivity index (χ4v) is 16.0. The van der Waals surface area contributed by atoms with Crippen LogP contribution in [0.25, 0.3) is 0 Å². The SMILES string of the molecule is C=[CH][Sn]([CH2]CCC)([CH2]CCC)[CH2]C(CC)OCC. The van der Waals surface area contributed by atoms with Crippen LogP contribution >= 0.6 is 0 Å². The zero-order valence-corrected chi connectivity index (χ0v) is 16.0. The van der Waals surface area contributed by atoms with Crippen molar-refractivity contribution >= 4 is 18.4 Å². The van der Waals surface area contributed by atoms with E-state index in [1.807, 2.05) is 0 Å². The topological polar surface area (TPSA) is 9.23 Å². The molecular formula is C16H34OSn. The fraction of sp³-hybridized carbons (Fsp3) is 0.875. The van der Waals surface area contributed by atoms with E-state index in [1.54, 1.807) is 0 Å². The molecule has 108 valence electrons. The van der Waals surface area contributed by atoms with Gasteiger partial charge in [0.15, 0.2) is 0 Å². The van der Waals surface area contributed by atoms with Crippen LogP contribution in [0.4, 0.5) is 0 Å². The number of ether oxygens (including phenoxy) is 1. The predicted octanol–water partition coefficient (Wildman–Crippen LogP) is 5.58. The van der Waals surface area contributed by atoms with E-state index in [0.29, 0.717) is 6.10 Å². The Bertz CT molecular complexity index is 195. The predicted molar refractivity (Wildman–Crippen MR) is 85.9 cm³/mol. The third kappa shape index (κ3) is 7.18. The minimum atomic E-state index is -2.11. The van der Waals surface area contributed by atoms with Gasteiger partial charge in [-0.1, -0.05) is 0 Å². The summed E-state index contributed by atoms with van der Waals surface area (Å²) in [5, 5.41) is 0. The molecule has 18 heavy (non-hydrogen) atoms. The van der Waals surface area contributed by atoms with Crippen molar-refractivity contribution in [3.63, 3.8) is 0 Å². The van der Waals surface area contributed by atoms with Gasteiger partial charge in [0.25, 0.3) is 0 Å². The van der Waals surface area contributed by atoms with Gasteiger partial charge in [0.05, 0.1) is 0 Å². The summed E-state index contributed by atoms with van der Waals surface area (Å²) in [6.07, 6.45) is 7.10. The summed E-state index contributed by atoms with van der Waals surface area (Å²) in [7, 11) is 0. The van der Waals surface area contributed by atoms with Crippen molar-refractivity contribution in [3.05, 3.63) is 10.7 Å². The Morgan fingerprint density at radius 2 is 1.61 bits per heavy atom. The van der Waals surface area contributed by atoms with Gasteiger partial charge >= 0.3 is 120 Å². The van der Waals surface area contributed by atoms with Crippen molar-refractivity contribution in [2.24, 2.45) is 0 Å². The third-order valence-electron chi connectivity index (χ3n) is 3.98. The van der Waals surface area contributed by atoms with Crippen molar-refractivity contribution in [3.8, 4) is 0 Å². The zero-order chi connectivity index (χ0) is 13.9. The Morgan fingerprint density at radius 1 is 1.06 bits per heavy atom. The van der Waals surface area contributed by atoms with Crippen LogP contribution in [0, 0.1) is 0 Å². The van der Waals surface area contributed by atoms with Crippen molar-refractivity contribution in [2.75, 3.05) is 6.61 Å². The second kappa shape index (κ2) is 11.3. The Morgan fingerprint density at radius 3 is 1.94 bits per heavy atom. The molecule has 0 aromatic rings. The molecule has 0 radical (unpaired) electrons. The van der Waals surface area contributed by atoms with Crippen molar-refractivity contribution < 1.29 is 4.74 Å². The molecule has 0 heterocycles. The second-order valence-electron chi connectivity index (χ2n) is 5.46. The summed E-state index contributed by atoms with van der Waals surface area (Å²) >= 11 is -2.11. The van der Waals surface area contributed by atoms with Crippen LogP contribution in [0.3, 0.4) is 0 Å². The quantitative estimate of drug-likeness (QED) is 0.413. The van der Waals surface area contributed by atoms with E-state index < -0.39 is 18.4 Å². The summed E-state index contributed by atoms with van der Waals surface area (Å²) < 4.78 is 12.7. The van der Waals surface area contributed by atoms with E-state index in [0.717, 1.165) is 6.61 Å². The van der Waals surface area contributed by atoms with E-state index in [4.69, 9.17) is 4.74 Å². The standard InChI is InChI=1S/C6H13O.2C4H9.C2H3.Sn/c1-4-6(3)7-5-2;2*1-3-4-2;1-2;/h6H,3-5H2,1-2H3;2*1,3-4H2,2H3;1H,2H2;.